The van der Waals surface area contributed by atoms with Gasteiger partial charge < -0.3 is 9.80 Å². The van der Waals surface area contributed by atoms with E-state index in [1.54, 1.807) is 0 Å². The van der Waals surface area contributed by atoms with Gasteiger partial charge in [-0.2, -0.15) is 9.13 Å². The molecular formula is C46H38Cl2N4+2. The molecule has 0 N–H and O–H groups in total. The van der Waals surface area contributed by atoms with Crippen LogP contribution in [0.25, 0.3) is 32.9 Å². The number of hydrogen-bond acceptors (Lipinski definition) is 2. The Morgan fingerprint density at radius 3 is 1.17 bits per heavy atom. The van der Waals surface area contributed by atoms with Crippen LogP contribution in [0.15, 0.2) is 170 Å². The molecular weight excluding hydrogens is 679 g/mol. The van der Waals surface area contributed by atoms with E-state index in [1.807, 2.05) is 24.3 Å². The highest BCUT2D eigenvalue weighted by Gasteiger charge is 2.18. The monoisotopic (exact) mass is 716 g/mol. The van der Waals surface area contributed by atoms with Crippen molar-refractivity contribution >= 4 is 67.8 Å². The van der Waals surface area contributed by atoms with E-state index in [0.29, 0.717) is 0 Å². The molecule has 0 aliphatic carbocycles. The van der Waals surface area contributed by atoms with Crippen LogP contribution in [0.5, 0.6) is 0 Å². The molecule has 4 nitrogen and oxygen atoms in total. The largest absolute Gasteiger partial charge is 0.344 e. The van der Waals surface area contributed by atoms with Crippen molar-refractivity contribution in [3.05, 3.63) is 191 Å². The second kappa shape index (κ2) is 14.5. The molecule has 8 rings (SSSR count). The van der Waals surface area contributed by atoms with Gasteiger partial charge in [-0.3, -0.25) is 0 Å². The topological polar surface area (TPSA) is 14.2 Å². The Bertz CT molecular complexity index is 2320. The SMILES string of the molecule is CN(c1ccc(Cl)cc1)c1cc[n+](Cc2ccc(-c3ccc(C[n+]4ccc(N(C)c5ccc(Cl)cc5)c5ccccc54)cc3)cc2)c2ccccc12. The van der Waals surface area contributed by atoms with Crippen molar-refractivity contribution in [2.24, 2.45) is 0 Å². The van der Waals surface area contributed by atoms with Gasteiger partial charge in [0, 0.05) is 70.9 Å². The van der Waals surface area contributed by atoms with E-state index in [2.05, 4.69) is 179 Å². The third kappa shape index (κ3) is 6.83. The van der Waals surface area contributed by atoms with Gasteiger partial charge >= 0.3 is 0 Å². The first-order chi connectivity index (χ1) is 25.4. The Morgan fingerprint density at radius 2 is 0.788 bits per heavy atom. The molecule has 2 heterocycles. The minimum atomic E-state index is 0.737. The molecule has 0 unspecified atom stereocenters. The van der Waals surface area contributed by atoms with Crippen molar-refractivity contribution in [1.82, 2.24) is 0 Å². The summed E-state index contributed by atoms with van der Waals surface area (Å²) in [5.41, 5.74) is 11.8. The predicted molar refractivity (Wildman–Crippen MR) is 217 cm³/mol. The van der Waals surface area contributed by atoms with E-state index in [-0.39, 0.29) is 0 Å². The number of benzene rings is 6. The van der Waals surface area contributed by atoms with E-state index < -0.39 is 0 Å². The summed E-state index contributed by atoms with van der Waals surface area (Å²) in [5, 5.41) is 3.88. The standard InChI is InChI=1S/C46H38Cl2N4/c1-49(39-23-19-37(47)20-24-39)43-27-29-51(45-9-5-3-7-41(43)45)31-33-11-15-35(16-12-33)36-17-13-34(14-18-36)32-52-30-28-44(42-8-4-6-10-46(42)52)50(2)40-25-21-38(48)22-26-40/h3-30H,31-32H2,1-2H3/q+2. The first-order valence-electron chi connectivity index (χ1n) is 17.4. The highest BCUT2D eigenvalue weighted by Crippen LogP contribution is 2.32. The predicted octanol–water partition coefficient (Wildman–Crippen LogP) is 11.2. The van der Waals surface area contributed by atoms with Gasteiger partial charge in [0.05, 0.1) is 22.1 Å². The molecule has 6 aromatic carbocycles. The summed E-state index contributed by atoms with van der Waals surface area (Å²) in [6.07, 6.45) is 4.37. The lowest BCUT2D eigenvalue weighted by atomic mass is 10.0. The van der Waals surface area contributed by atoms with Crippen LogP contribution in [0.2, 0.25) is 10.0 Å². The minimum Gasteiger partial charge on any atom is -0.344 e. The fraction of sp³-hybridized carbons (Fsp3) is 0.0870. The second-order valence-electron chi connectivity index (χ2n) is 13.2. The van der Waals surface area contributed by atoms with Gasteiger partial charge in [-0.1, -0.05) is 96.0 Å². The van der Waals surface area contributed by atoms with E-state index in [0.717, 1.165) is 45.9 Å². The highest BCUT2D eigenvalue weighted by atomic mass is 35.5. The maximum absolute atomic E-state index is 6.15. The van der Waals surface area contributed by atoms with E-state index in [1.165, 1.54) is 44.1 Å². The number of para-hydroxylation sites is 2. The van der Waals surface area contributed by atoms with Crippen molar-refractivity contribution in [1.29, 1.82) is 0 Å². The molecule has 0 aliphatic heterocycles. The quantitative estimate of drug-likeness (QED) is 0.138. The van der Waals surface area contributed by atoms with Crippen LogP contribution in [-0.2, 0) is 13.1 Å². The number of halogens is 2. The molecule has 0 bridgehead atoms. The van der Waals surface area contributed by atoms with Gasteiger partial charge in [0.1, 0.15) is 0 Å². The van der Waals surface area contributed by atoms with Gasteiger partial charge in [-0.25, -0.2) is 0 Å². The Labute approximate surface area is 315 Å². The first-order valence-corrected chi connectivity index (χ1v) is 18.2. The van der Waals surface area contributed by atoms with E-state index in [9.17, 15) is 0 Å². The van der Waals surface area contributed by atoms with Crippen molar-refractivity contribution in [2.45, 2.75) is 13.1 Å². The summed E-state index contributed by atoms with van der Waals surface area (Å²) in [7, 11) is 4.20. The number of nitrogens with zero attached hydrogens (tertiary/aromatic N) is 4. The summed E-state index contributed by atoms with van der Waals surface area (Å²) in [5.74, 6) is 0. The van der Waals surface area contributed by atoms with E-state index in [4.69, 9.17) is 23.2 Å². The molecule has 0 amide bonds. The molecule has 0 spiro atoms. The molecule has 0 radical (unpaired) electrons. The molecule has 52 heavy (non-hydrogen) atoms. The molecule has 0 fully saturated rings. The van der Waals surface area contributed by atoms with Crippen molar-refractivity contribution < 1.29 is 9.13 Å². The minimum absolute atomic E-state index is 0.737. The maximum Gasteiger partial charge on any atom is 0.214 e. The zero-order valence-corrected chi connectivity index (χ0v) is 30.6. The number of pyridine rings is 2. The first kappa shape index (κ1) is 33.5. The number of aromatic nitrogens is 2. The van der Waals surface area contributed by atoms with Crippen LogP contribution >= 0.6 is 23.2 Å². The smallest absolute Gasteiger partial charge is 0.214 e. The van der Waals surface area contributed by atoms with Crippen LogP contribution in [-0.4, -0.2) is 14.1 Å². The molecule has 0 saturated heterocycles. The van der Waals surface area contributed by atoms with Gasteiger partial charge in [0.25, 0.3) is 0 Å². The van der Waals surface area contributed by atoms with Crippen LogP contribution in [0.4, 0.5) is 22.7 Å². The zero-order chi connectivity index (χ0) is 35.6. The molecule has 2 aromatic heterocycles. The average Bonchev–Trinajstić information content (AvgIpc) is 3.19. The van der Waals surface area contributed by atoms with Crippen molar-refractivity contribution in [3.8, 4) is 11.1 Å². The summed E-state index contributed by atoms with van der Waals surface area (Å²) < 4.78 is 4.64. The third-order valence-electron chi connectivity index (χ3n) is 9.90. The molecule has 0 atom stereocenters. The number of hydrogen-bond donors (Lipinski definition) is 0. The number of fused-ring (bicyclic) bond motifs is 2. The third-order valence-corrected chi connectivity index (χ3v) is 10.4. The van der Waals surface area contributed by atoms with Gasteiger partial charge in [0.15, 0.2) is 25.5 Å². The van der Waals surface area contributed by atoms with Gasteiger partial charge in [-0.15, -0.1) is 0 Å². The summed E-state index contributed by atoms with van der Waals surface area (Å²) in [6, 6.07) is 55.4. The van der Waals surface area contributed by atoms with Crippen molar-refractivity contribution in [2.75, 3.05) is 23.9 Å². The normalized spacial score (nSPS) is 11.2. The molecule has 8 aromatic rings. The fourth-order valence-electron chi connectivity index (χ4n) is 7.01. The molecule has 254 valence electrons. The Morgan fingerprint density at radius 1 is 0.423 bits per heavy atom. The Hall–Kier alpha value is -5.68. The summed E-state index contributed by atoms with van der Waals surface area (Å²) >= 11 is 12.3. The summed E-state index contributed by atoms with van der Waals surface area (Å²) in [4.78, 5) is 4.42. The number of rotatable bonds is 9. The van der Waals surface area contributed by atoms with Crippen LogP contribution < -0.4 is 18.9 Å². The number of anilines is 4. The molecule has 0 saturated carbocycles. The lowest BCUT2D eigenvalue weighted by molar-refractivity contribution is -0.662. The Balaban J connectivity index is 0.984. The van der Waals surface area contributed by atoms with Crippen molar-refractivity contribution in [3.63, 3.8) is 0 Å². The highest BCUT2D eigenvalue weighted by molar-refractivity contribution is 6.31. The molecule has 6 heteroatoms. The second-order valence-corrected chi connectivity index (χ2v) is 14.0. The van der Waals surface area contributed by atoms with Gasteiger partial charge in [-0.05, 0) is 71.8 Å². The lowest BCUT2D eigenvalue weighted by Crippen LogP contribution is -2.35. The van der Waals surface area contributed by atoms with Crippen LogP contribution in [0.1, 0.15) is 11.1 Å². The van der Waals surface area contributed by atoms with Crippen LogP contribution in [0, 0.1) is 0 Å². The van der Waals surface area contributed by atoms with Gasteiger partial charge in [0.2, 0.25) is 11.0 Å². The van der Waals surface area contributed by atoms with Crippen LogP contribution in [0.3, 0.4) is 0 Å². The summed E-state index contributed by atoms with van der Waals surface area (Å²) in [6.45, 7) is 1.56. The lowest BCUT2D eigenvalue weighted by Gasteiger charge is -2.21. The molecule has 0 aliphatic rings. The fourth-order valence-corrected chi connectivity index (χ4v) is 7.26. The average molecular weight is 718 g/mol. The maximum atomic E-state index is 6.15. The zero-order valence-electron chi connectivity index (χ0n) is 29.1. The van der Waals surface area contributed by atoms with E-state index >= 15 is 0 Å². The Kier molecular flexibility index (Phi) is 9.34.